The summed E-state index contributed by atoms with van der Waals surface area (Å²) in [5, 5.41) is 0. The molecule has 0 atom stereocenters. The second-order valence-electron chi connectivity index (χ2n) is 2.50. The summed E-state index contributed by atoms with van der Waals surface area (Å²) in [6.45, 7) is 4.21. The third-order valence-electron chi connectivity index (χ3n) is 1.61. The summed E-state index contributed by atoms with van der Waals surface area (Å²) in [4.78, 5) is 10.3. The summed E-state index contributed by atoms with van der Waals surface area (Å²) in [5.41, 5.74) is 0.714. The fourth-order valence-electron chi connectivity index (χ4n) is 0.982. The summed E-state index contributed by atoms with van der Waals surface area (Å²) < 4.78 is 7.11. The Balaban J connectivity index is 2.36. The van der Waals surface area contributed by atoms with Crippen LogP contribution in [0.3, 0.4) is 0 Å². The van der Waals surface area contributed by atoms with E-state index in [1.165, 1.54) is 0 Å². The van der Waals surface area contributed by atoms with Gasteiger partial charge in [-0.1, -0.05) is 0 Å². The molecule has 0 amide bonds. The molecule has 3 heteroatoms. The Bertz CT molecular complexity index is 242. The average Bonchev–Trinajstić information content (AvgIpc) is 2.53. The van der Waals surface area contributed by atoms with Crippen LogP contribution in [0.15, 0.2) is 18.5 Å². The van der Waals surface area contributed by atoms with E-state index in [1.807, 2.05) is 23.9 Å². The molecule has 12 heavy (non-hydrogen) atoms. The molecule has 1 heterocycles. The molecule has 0 spiro atoms. The highest BCUT2D eigenvalue weighted by Gasteiger charge is 1.93. The van der Waals surface area contributed by atoms with Crippen molar-refractivity contribution in [1.29, 1.82) is 0 Å². The molecule has 0 radical (unpaired) electrons. The van der Waals surface area contributed by atoms with Crippen molar-refractivity contribution in [3.05, 3.63) is 24.0 Å². The van der Waals surface area contributed by atoms with Crippen molar-refractivity contribution in [2.75, 3.05) is 13.2 Å². The van der Waals surface area contributed by atoms with Gasteiger partial charge in [0.1, 0.15) is 0 Å². The number of hydrogen-bond acceptors (Lipinski definition) is 2. The van der Waals surface area contributed by atoms with Crippen molar-refractivity contribution < 1.29 is 9.53 Å². The van der Waals surface area contributed by atoms with Gasteiger partial charge in [-0.2, -0.15) is 0 Å². The lowest BCUT2D eigenvalue weighted by Gasteiger charge is -2.01. The molecular formula is C9H13NO2. The van der Waals surface area contributed by atoms with E-state index < -0.39 is 0 Å². The lowest BCUT2D eigenvalue weighted by atomic mass is 10.4. The molecule has 0 aliphatic rings. The van der Waals surface area contributed by atoms with Crippen molar-refractivity contribution >= 4 is 6.29 Å². The fraction of sp³-hybridized carbons (Fsp3) is 0.444. The monoisotopic (exact) mass is 167 g/mol. The molecule has 0 aliphatic heterocycles. The zero-order valence-corrected chi connectivity index (χ0v) is 7.19. The number of ether oxygens (including phenoxy) is 1. The van der Waals surface area contributed by atoms with Crippen LogP contribution in [0.5, 0.6) is 0 Å². The van der Waals surface area contributed by atoms with Crippen LogP contribution in [0.4, 0.5) is 0 Å². The van der Waals surface area contributed by atoms with Gasteiger partial charge in [-0.25, -0.2) is 0 Å². The number of carbonyl (C=O) groups excluding carboxylic acids is 1. The fourth-order valence-corrected chi connectivity index (χ4v) is 0.982. The van der Waals surface area contributed by atoms with Crippen LogP contribution in [0.1, 0.15) is 17.3 Å². The quantitative estimate of drug-likeness (QED) is 0.489. The molecule has 1 aromatic rings. The molecule has 0 bridgehead atoms. The molecule has 0 N–H and O–H groups in total. The molecule has 0 saturated carbocycles. The van der Waals surface area contributed by atoms with Crippen molar-refractivity contribution in [2.24, 2.45) is 0 Å². The third-order valence-corrected chi connectivity index (χ3v) is 1.61. The van der Waals surface area contributed by atoms with E-state index in [4.69, 9.17) is 4.74 Å². The van der Waals surface area contributed by atoms with Crippen LogP contribution < -0.4 is 0 Å². The van der Waals surface area contributed by atoms with E-state index in [0.717, 1.165) is 19.4 Å². The minimum absolute atomic E-state index is 0.698. The molecule has 1 aromatic heterocycles. The van der Waals surface area contributed by atoms with Crippen LogP contribution in [0, 0.1) is 0 Å². The number of nitrogens with zero attached hydrogens (tertiary/aromatic N) is 1. The van der Waals surface area contributed by atoms with Gasteiger partial charge in [0.2, 0.25) is 0 Å². The maximum Gasteiger partial charge on any atom is 0.151 e. The molecule has 0 unspecified atom stereocenters. The number of carbonyl (C=O) groups is 1. The van der Waals surface area contributed by atoms with Crippen molar-refractivity contribution in [3.8, 4) is 0 Å². The first-order chi connectivity index (χ1) is 5.86. The van der Waals surface area contributed by atoms with Gasteiger partial charge in [0.05, 0.1) is 6.61 Å². The SMILES string of the molecule is CCOCCn1ccc(C=O)c1. The Kier molecular flexibility index (Phi) is 3.54. The number of aromatic nitrogens is 1. The number of hydrogen-bond donors (Lipinski definition) is 0. The predicted molar refractivity (Wildman–Crippen MR) is 46.3 cm³/mol. The van der Waals surface area contributed by atoms with Gasteiger partial charge >= 0.3 is 0 Å². The molecule has 0 aliphatic carbocycles. The summed E-state index contributed by atoms with van der Waals surface area (Å²) in [5.74, 6) is 0. The smallest absolute Gasteiger partial charge is 0.151 e. The molecule has 3 nitrogen and oxygen atoms in total. The molecular weight excluding hydrogens is 154 g/mol. The Morgan fingerprint density at radius 1 is 1.67 bits per heavy atom. The van der Waals surface area contributed by atoms with Gasteiger partial charge in [0.15, 0.2) is 6.29 Å². The van der Waals surface area contributed by atoms with Gasteiger partial charge in [-0.3, -0.25) is 4.79 Å². The van der Waals surface area contributed by atoms with Crippen LogP contribution in [-0.4, -0.2) is 24.1 Å². The molecule has 0 saturated heterocycles. The van der Waals surface area contributed by atoms with Gasteiger partial charge in [-0.15, -0.1) is 0 Å². The van der Waals surface area contributed by atoms with Crippen LogP contribution in [0.2, 0.25) is 0 Å². The Morgan fingerprint density at radius 3 is 3.08 bits per heavy atom. The number of aldehydes is 1. The molecule has 0 aromatic carbocycles. The standard InChI is InChI=1S/C9H13NO2/c1-2-12-6-5-10-4-3-9(7-10)8-11/h3-4,7-8H,2,5-6H2,1H3. The van der Waals surface area contributed by atoms with Gasteiger partial charge < -0.3 is 9.30 Å². The van der Waals surface area contributed by atoms with Crippen LogP contribution >= 0.6 is 0 Å². The van der Waals surface area contributed by atoms with E-state index in [-0.39, 0.29) is 0 Å². The lowest BCUT2D eigenvalue weighted by molar-refractivity contribution is 0.112. The Morgan fingerprint density at radius 2 is 2.50 bits per heavy atom. The summed E-state index contributed by atoms with van der Waals surface area (Å²) in [6.07, 6.45) is 4.53. The maximum atomic E-state index is 10.3. The normalized spacial score (nSPS) is 10.1. The summed E-state index contributed by atoms with van der Waals surface area (Å²) in [7, 11) is 0. The lowest BCUT2D eigenvalue weighted by Crippen LogP contribution is -2.03. The second kappa shape index (κ2) is 4.72. The first-order valence-corrected chi connectivity index (χ1v) is 4.05. The first-order valence-electron chi connectivity index (χ1n) is 4.05. The van der Waals surface area contributed by atoms with Crippen molar-refractivity contribution in [2.45, 2.75) is 13.5 Å². The first kappa shape index (κ1) is 9.00. The van der Waals surface area contributed by atoms with E-state index in [2.05, 4.69) is 0 Å². The average molecular weight is 167 g/mol. The number of rotatable bonds is 5. The third kappa shape index (κ3) is 2.51. The second-order valence-corrected chi connectivity index (χ2v) is 2.50. The highest BCUT2D eigenvalue weighted by molar-refractivity contribution is 5.74. The highest BCUT2D eigenvalue weighted by atomic mass is 16.5. The van der Waals surface area contributed by atoms with E-state index in [0.29, 0.717) is 12.2 Å². The van der Waals surface area contributed by atoms with Crippen LogP contribution in [-0.2, 0) is 11.3 Å². The summed E-state index contributed by atoms with van der Waals surface area (Å²) in [6, 6.07) is 1.79. The van der Waals surface area contributed by atoms with Crippen molar-refractivity contribution in [1.82, 2.24) is 4.57 Å². The van der Waals surface area contributed by atoms with E-state index in [1.54, 1.807) is 6.07 Å². The minimum Gasteiger partial charge on any atom is -0.380 e. The van der Waals surface area contributed by atoms with Gasteiger partial charge in [0.25, 0.3) is 0 Å². The molecule has 66 valence electrons. The highest BCUT2D eigenvalue weighted by Crippen LogP contribution is 1.97. The Labute approximate surface area is 72.0 Å². The molecule has 0 fully saturated rings. The van der Waals surface area contributed by atoms with Gasteiger partial charge in [-0.05, 0) is 13.0 Å². The minimum atomic E-state index is 0.698. The van der Waals surface area contributed by atoms with E-state index in [9.17, 15) is 4.79 Å². The Hall–Kier alpha value is -1.09. The zero-order valence-electron chi connectivity index (χ0n) is 7.19. The van der Waals surface area contributed by atoms with E-state index >= 15 is 0 Å². The summed E-state index contributed by atoms with van der Waals surface area (Å²) >= 11 is 0. The topological polar surface area (TPSA) is 31.2 Å². The van der Waals surface area contributed by atoms with Crippen molar-refractivity contribution in [3.63, 3.8) is 0 Å². The molecule has 1 rings (SSSR count). The van der Waals surface area contributed by atoms with Crippen LogP contribution in [0.25, 0.3) is 0 Å². The maximum absolute atomic E-state index is 10.3. The zero-order chi connectivity index (χ0) is 8.81. The predicted octanol–water partition coefficient (Wildman–Crippen LogP) is 1.34. The van der Waals surface area contributed by atoms with Gasteiger partial charge in [0, 0.05) is 31.1 Å². The largest absolute Gasteiger partial charge is 0.380 e.